The Bertz CT molecular complexity index is 145. The maximum absolute atomic E-state index is 11.0. The van der Waals surface area contributed by atoms with Crippen molar-refractivity contribution in [1.29, 1.82) is 0 Å². The van der Waals surface area contributed by atoms with Crippen LogP contribution in [-0.2, 0) is 4.84 Å². The molecule has 0 saturated heterocycles. The summed E-state index contributed by atoms with van der Waals surface area (Å²) in [6.45, 7) is 0.842. The molecule has 1 rings (SSSR count). The monoisotopic (exact) mass is 158 g/mol. The summed E-state index contributed by atoms with van der Waals surface area (Å²) in [6.07, 6.45) is 2.51. The second-order valence-corrected chi connectivity index (χ2v) is 2.94. The number of carbonyl (C=O) groups is 1. The fourth-order valence-corrected chi connectivity index (χ4v) is 0.936. The Balaban J connectivity index is 2.15. The first kappa shape index (κ1) is 8.33. The number of nitrogens with zero attached hydrogens (tertiary/aromatic N) is 1. The van der Waals surface area contributed by atoms with Gasteiger partial charge in [0, 0.05) is 13.6 Å². The third-order valence-corrected chi connectivity index (χ3v) is 1.77. The van der Waals surface area contributed by atoms with E-state index in [1.54, 1.807) is 11.9 Å². The van der Waals surface area contributed by atoms with Crippen LogP contribution in [0.5, 0.6) is 0 Å². The van der Waals surface area contributed by atoms with Crippen molar-refractivity contribution in [1.82, 2.24) is 10.4 Å². The predicted octanol–water partition coefficient (Wildman–Crippen LogP) is 0.599. The molecule has 2 amide bonds. The number of urea groups is 1. The lowest BCUT2D eigenvalue weighted by atomic mass is 10.4. The van der Waals surface area contributed by atoms with Crippen molar-refractivity contribution in [3.05, 3.63) is 0 Å². The molecule has 1 N–H and O–H groups in total. The quantitative estimate of drug-likeness (QED) is 0.611. The van der Waals surface area contributed by atoms with Crippen LogP contribution in [0.25, 0.3) is 0 Å². The van der Waals surface area contributed by atoms with Crippen LogP contribution in [0.4, 0.5) is 4.79 Å². The van der Waals surface area contributed by atoms with Crippen molar-refractivity contribution in [3.63, 3.8) is 0 Å². The Morgan fingerprint density at radius 2 is 2.36 bits per heavy atom. The van der Waals surface area contributed by atoms with Gasteiger partial charge in [-0.2, -0.15) is 0 Å². The van der Waals surface area contributed by atoms with E-state index in [9.17, 15) is 4.79 Å². The highest BCUT2D eigenvalue weighted by molar-refractivity contribution is 5.72. The smallest absolute Gasteiger partial charge is 0.326 e. The molecule has 0 atom stereocenters. The van der Waals surface area contributed by atoms with E-state index in [0.29, 0.717) is 0 Å². The fourth-order valence-electron chi connectivity index (χ4n) is 0.936. The van der Waals surface area contributed by atoms with Crippen molar-refractivity contribution < 1.29 is 9.63 Å². The topological polar surface area (TPSA) is 41.6 Å². The summed E-state index contributed by atoms with van der Waals surface area (Å²) in [6, 6.07) is -0.167. The number of amides is 2. The average molecular weight is 158 g/mol. The zero-order valence-corrected chi connectivity index (χ0v) is 6.96. The molecule has 1 saturated carbocycles. The number of carbonyl (C=O) groups excluding carboxylic acids is 1. The highest BCUT2D eigenvalue weighted by atomic mass is 16.6. The minimum Gasteiger partial charge on any atom is -0.326 e. The van der Waals surface area contributed by atoms with E-state index < -0.39 is 0 Å². The van der Waals surface area contributed by atoms with E-state index in [1.807, 2.05) is 0 Å². The zero-order chi connectivity index (χ0) is 8.27. The van der Waals surface area contributed by atoms with Crippen molar-refractivity contribution in [2.75, 3.05) is 20.7 Å². The van der Waals surface area contributed by atoms with E-state index in [4.69, 9.17) is 0 Å². The number of hydrogen-bond acceptors (Lipinski definition) is 2. The van der Waals surface area contributed by atoms with Crippen molar-refractivity contribution in [3.8, 4) is 0 Å². The van der Waals surface area contributed by atoms with Crippen LogP contribution in [0.2, 0.25) is 0 Å². The third-order valence-electron chi connectivity index (χ3n) is 1.77. The maximum Gasteiger partial charge on any atom is 0.341 e. The molecular formula is C7H14N2O2. The average Bonchev–Trinajstić information content (AvgIpc) is 2.72. The molecule has 0 unspecified atom stereocenters. The molecule has 0 radical (unpaired) electrons. The van der Waals surface area contributed by atoms with Crippen molar-refractivity contribution in [2.24, 2.45) is 5.92 Å². The van der Waals surface area contributed by atoms with E-state index in [-0.39, 0.29) is 6.03 Å². The largest absolute Gasteiger partial charge is 0.341 e. The van der Waals surface area contributed by atoms with Gasteiger partial charge < -0.3 is 4.90 Å². The fraction of sp³-hybridized carbons (Fsp3) is 0.857. The first-order chi connectivity index (χ1) is 5.24. The molecule has 0 aromatic heterocycles. The van der Waals surface area contributed by atoms with Crippen LogP contribution in [0.15, 0.2) is 0 Å². The predicted molar refractivity (Wildman–Crippen MR) is 40.9 cm³/mol. The van der Waals surface area contributed by atoms with Crippen LogP contribution >= 0.6 is 0 Å². The lowest BCUT2D eigenvalue weighted by molar-refractivity contribution is 0.0903. The molecule has 0 aromatic rings. The third kappa shape index (κ3) is 2.76. The Morgan fingerprint density at radius 1 is 1.73 bits per heavy atom. The van der Waals surface area contributed by atoms with Crippen molar-refractivity contribution in [2.45, 2.75) is 12.8 Å². The van der Waals surface area contributed by atoms with Crippen LogP contribution < -0.4 is 5.48 Å². The molecule has 11 heavy (non-hydrogen) atoms. The number of hydroxylamine groups is 1. The Labute approximate surface area is 66.5 Å². The van der Waals surface area contributed by atoms with Crippen LogP contribution in [0.3, 0.4) is 0 Å². The molecule has 1 aliphatic carbocycles. The highest BCUT2D eigenvalue weighted by Gasteiger charge is 2.24. The molecule has 0 aliphatic heterocycles. The molecule has 0 heterocycles. The number of nitrogens with one attached hydrogen (secondary N) is 1. The summed E-state index contributed by atoms with van der Waals surface area (Å²) in [5.74, 6) is 0.725. The van der Waals surface area contributed by atoms with Crippen LogP contribution in [0, 0.1) is 5.92 Å². The molecule has 1 fully saturated rings. The van der Waals surface area contributed by atoms with Gasteiger partial charge >= 0.3 is 6.03 Å². The highest BCUT2D eigenvalue weighted by Crippen LogP contribution is 2.29. The summed E-state index contributed by atoms with van der Waals surface area (Å²) in [4.78, 5) is 17.1. The Morgan fingerprint density at radius 3 is 2.82 bits per heavy atom. The van der Waals surface area contributed by atoms with Gasteiger partial charge in [-0.15, -0.1) is 0 Å². The van der Waals surface area contributed by atoms with Gasteiger partial charge in [-0.25, -0.2) is 10.3 Å². The molecule has 0 spiro atoms. The Kier molecular flexibility index (Phi) is 2.70. The summed E-state index contributed by atoms with van der Waals surface area (Å²) in [5.41, 5.74) is 2.27. The standard InChI is InChI=1S/C7H14N2O2/c1-9(5-6-3-4-6)7(10)8-11-2/h6H,3-5H2,1-2H3,(H,8,10). The van der Waals surface area contributed by atoms with Crippen molar-refractivity contribution >= 4 is 6.03 Å². The summed E-state index contributed by atoms with van der Waals surface area (Å²) < 4.78 is 0. The summed E-state index contributed by atoms with van der Waals surface area (Å²) >= 11 is 0. The first-order valence-corrected chi connectivity index (χ1v) is 3.78. The van der Waals surface area contributed by atoms with E-state index in [1.165, 1.54) is 20.0 Å². The van der Waals surface area contributed by atoms with Gasteiger partial charge in [0.15, 0.2) is 0 Å². The second-order valence-electron chi connectivity index (χ2n) is 2.94. The molecule has 0 aromatic carbocycles. The lowest BCUT2D eigenvalue weighted by Gasteiger charge is -2.15. The maximum atomic E-state index is 11.0. The molecule has 4 heteroatoms. The van der Waals surface area contributed by atoms with Gasteiger partial charge in [-0.3, -0.25) is 4.84 Å². The number of hydrogen-bond donors (Lipinski definition) is 1. The molecule has 4 nitrogen and oxygen atoms in total. The number of rotatable bonds is 3. The summed E-state index contributed by atoms with van der Waals surface area (Å²) in [7, 11) is 3.20. The summed E-state index contributed by atoms with van der Waals surface area (Å²) in [5, 5.41) is 0. The molecule has 0 bridgehead atoms. The Hall–Kier alpha value is -0.770. The van der Waals surface area contributed by atoms with E-state index >= 15 is 0 Å². The SMILES string of the molecule is CONC(=O)N(C)CC1CC1. The molecule has 64 valence electrons. The second kappa shape index (κ2) is 3.57. The molecular weight excluding hydrogens is 144 g/mol. The van der Waals surface area contributed by atoms with Gasteiger partial charge in [0.25, 0.3) is 0 Å². The van der Waals surface area contributed by atoms with Gasteiger partial charge in [-0.05, 0) is 18.8 Å². The van der Waals surface area contributed by atoms with Gasteiger partial charge in [0.1, 0.15) is 0 Å². The first-order valence-electron chi connectivity index (χ1n) is 3.78. The van der Waals surface area contributed by atoms with Gasteiger partial charge in [0.05, 0.1) is 7.11 Å². The minimum absolute atomic E-state index is 0.167. The van der Waals surface area contributed by atoms with E-state index in [0.717, 1.165) is 12.5 Å². The molecule has 1 aliphatic rings. The van der Waals surface area contributed by atoms with Gasteiger partial charge in [0.2, 0.25) is 0 Å². The van der Waals surface area contributed by atoms with Crippen LogP contribution in [-0.4, -0.2) is 31.6 Å². The lowest BCUT2D eigenvalue weighted by Crippen LogP contribution is -2.37. The van der Waals surface area contributed by atoms with Gasteiger partial charge in [-0.1, -0.05) is 0 Å². The van der Waals surface area contributed by atoms with Crippen LogP contribution in [0.1, 0.15) is 12.8 Å². The minimum atomic E-state index is -0.167. The normalized spacial score (nSPS) is 16.2. The zero-order valence-electron chi connectivity index (χ0n) is 6.96. The van der Waals surface area contributed by atoms with E-state index in [2.05, 4.69) is 10.3 Å².